The van der Waals surface area contributed by atoms with Crippen LogP contribution in [-0.4, -0.2) is 38.4 Å². The fourth-order valence-corrected chi connectivity index (χ4v) is 2.66. The summed E-state index contributed by atoms with van der Waals surface area (Å²) in [5, 5.41) is 11.1. The topological polar surface area (TPSA) is 67.7 Å². The van der Waals surface area contributed by atoms with Crippen molar-refractivity contribution in [3.8, 4) is 5.82 Å². The van der Waals surface area contributed by atoms with Crippen LogP contribution in [0.1, 0.15) is 26.2 Å². The highest BCUT2D eigenvalue weighted by Gasteiger charge is 2.16. The highest BCUT2D eigenvalue weighted by molar-refractivity contribution is 5.44. The summed E-state index contributed by atoms with van der Waals surface area (Å²) in [5.74, 6) is 0.776. The van der Waals surface area contributed by atoms with Gasteiger partial charge in [-0.2, -0.15) is 5.10 Å². The molecule has 2 unspecified atom stereocenters. The van der Waals surface area contributed by atoms with E-state index in [1.165, 1.54) is 19.2 Å². The van der Waals surface area contributed by atoms with Gasteiger partial charge in [0.15, 0.2) is 5.82 Å². The van der Waals surface area contributed by atoms with Crippen LogP contribution < -0.4 is 10.6 Å². The lowest BCUT2D eigenvalue weighted by atomic mass is 10.1. The van der Waals surface area contributed by atoms with E-state index in [1.54, 1.807) is 11.0 Å². The van der Waals surface area contributed by atoms with Crippen LogP contribution in [0, 0.1) is 0 Å². The zero-order valence-corrected chi connectivity index (χ0v) is 11.7. The molecule has 1 aliphatic heterocycles. The molecule has 3 heterocycles. The van der Waals surface area contributed by atoms with Crippen LogP contribution in [0.5, 0.6) is 0 Å². The lowest BCUT2D eigenvalue weighted by molar-refractivity contribution is 0.523. The van der Waals surface area contributed by atoms with Gasteiger partial charge < -0.3 is 10.6 Å². The number of nitrogens with zero attached hydrogens (tertiary/aromatic N) is 4. The Kier molecular flexibility index (Phi) is 3.92. The van der Waals surface area contributed by atoms with Gasteiger partial charge >= 0.3 is 0 Å². The molecule has 1 aliphatic rings. The number of hydrogen-bond acceptors (Lipinski definition) is 5. The van der Waals surface area contributed by atoms with E-state index < -0.39 is 0 Å². The summed E-state index contributed by atoms with van der Waals surface area (Å²) < 4.78 is 1.65. The molecule has 0 aliphatic carbocycles. The lowest BCUT2D eigenvalue weighted by Gasteiger charge is -2.19. The molecule has 6 nitrogen and oxygen atoms in total. The molecular weight excluding hydrogens is 252 g/mol. The molecule has 2 atom stereocenters. The quantitative estimate of drug-likeness (QED) is 0.865. The maximum Gasteiger partial charge on any atom is 0.155 e. The third kappa shape index (κ3) is 3.14. The van der Waals surface area contributed by atoms with Crippen molar-refractivity contribution in [3.05, 3.63) is 31.0 Å². The smallest absolute Gasteiger partial charge is 0.155 e. The number of rotatable bonds is 5. The largest absolute Gasteiger partial charge is 0.381 e. The van der Waals surface area contributed by atoms with Crippen molar-refractivity contribution in [1.29, 1.82) is 0 Å². The molecule has 2 N–H and O–H groups in total. The number of anilines is 1. The van der Waals surface area contributed by atoms with Gasteiger partial charge in [0.1, 0.15) is 12.7 Å². The third-order valence-corrected chi connectivity index (χ3v) is 3.61. The summed E-state index contributed by atoms with van der Waals surface area (Å²) in [6.07, 6.45) is 8.72. The fourth-order valence-electron chi connectivity index (χ4n) is 2.66. The summed E-state index contributed by atoms with van der Waals surface area (Å²) in [4.78, 5) is 8.30. The van der Waals surface area contributed by atoms with Crippen molar-refractivity contribution in [2.24, 2.45) is 0 Å². The molecule has 3 rings (SSSR count). The van der Waals surface area contributed by atoms with Gasteiger partial charge in [-0.15, -0.1) is 0 Å². The van der Waals surface area contributed by atoms with Gasteiger partial charge in [-0.25, -0.2) is 14.6 Å². The number of pyridine rings is 1. The predicted octanol–water partition coefficient (Wildman–Crippen LogP) is 1.60. The number of hydrogen-bond donors (Lipinski definition) is 2. The minimum absolute atomic E-state index is 0.435. The highest BCUT2D eigenvalue weighted by Crippen LogP contribution is 2.15. The normalized spacial score (nSPS) is 19.9. The molecule has 2 aromatic heterocycles. The van der Waals surface area contributed by atoms with Crippen LogP contribution in [0.15, 0.2) is 31.0 Å². The van der Waals surface area contributed by atoms with Crippen LogP contribution in [0.2, 0.25) is 0 Å². The van der Waals surface area contributed by atoms with E-state index >= 15 is 0 Å². The summed E-state index contributed by atoms with van der Waals surface area (Å²) in [5.41, 5.74) is 1.04. The maximum absolute atomic E-state index is 4.39. The first-order valence-electron chi connectivity index (χ1n) is 7.12. The van der Waals surface area contributed by atoms with Crippen LogP contribution in [0.3, 0.4) is 0 Å². The molecule has 106 valence electrons. The van der Waals surface area contributed by atoms with Gasteiger partial charge in [0.25, 0.3) is 0 Å². The zero-order valence-electron chi connectivity index (χ0n) is 11.7. The average Bonchev–Trinajstić information content (AvgIpc) is 3.12. The van der Waals surface area contributed by atoms with Gasteiger partial charge in [-0.1, -0.05) is 0 Å². The molecule has 0 spiro atoms. The van der Waals surface area contributed by atoms with Gasteiger partial charge in [0.05, 0.1) is 11.9 Å². The highest BCUT2D eigenvalue weighted by atomic mass is 15.3. The number of nitrogens with one attached hydrogen (secondary N) is 2. The van der Waals surface area contributed by atoms with Gasteiger partial charge in [0, 0.05) is 12.1 Å². The first-order chi connectivity index (χ1) is 9.81. The Morgan fingerprint density at radius 3 is 3.10 bits per heavy atom. The summed E-state index contributed by atoms with van der Waals surface area (Å²) >= 11 is 0. The summed E-state index contributed by atoms with van der Waals surface area (Å²) in [6, 6.07) is 5.06. The molecule has 0 amide bonds. The first kappa shape index (κ1) is 13.1. The van der Waals surface area contributed by atoms with Crippen molar-refractivity contribution in [2.75, 3.05) is 11.9 Å². The van der Waals surface area contributed by atoms with Crippen molar-refractivity contribution in [3.63, 3.8) is 0 Å². The molecule has 20 heavy (non-hydrogen) atoms. The molecule has 6 heteroatoms. The Morgan fingerprint density at radius 1 is 1.50 bits per heavy atom. The first-order valence-corrected chi connectivity index (χ1v) is 7.12. The van der Waals surface area contributed by atoms with Crippen LogP contribution in [0.4, 0.5) is 5.69 Å². The van der Waals surface area contributed by atoms with E-state index in [2.05, 4.69) is 32.6 Å². The van der Waals surface area contributed by atoms with Gasteiger partial charge in [-0.3, -0.25) is 0 Å². The van der Waals surface area contributed by atoms with Crippen LogP contribution >= 0.6 is 0 Å². The van der Waals surface area contributed by atoms with E-state index in [0.29, 0.717) is 12.1 Å². The van der Waals surface area contributed by atoms with Crippen molar-refractivity contribution >= 4 is 5.69 Å². The van der Waals surface area contributed by atoms with E-state index in [-0.39, 0.29) is 0 Å². The van der Waals surface area contributed by atoms with Crippen molar-refractivity contribution in [1.82, 2.24) is 25.1 Å². The molecule has 1 fully saturated rings. The Labute approximate surface area is 118 Å². The number of aromatic nitrogens is 4. The molecular formula is C14H20N6. The molecule has 0 radical (unpaired) electrons. The monoisotopic (exact) mass is 272 g/mol. The average molecular weight is 272 g/mol. The second kappa shape index (κ2) is 6.00. The van der Waals surface area contributed by atoms with Crippen molar-refractivity contribution < 1.29 is 0 Å². The van der Waals surface area contributed by atoms with Crippen molar-refractivity contribution in [2.45, 2.75) is 38.3 Å². The molecule has 0 saturated carbocycles. The van der Waals surface area contributed by atoms with E-state index in [9.17, 15) is 0 Å². The molecule has 0 aromatic carbocycles. The molecule has 1 saturated heterocycles. The zero-order chi connectivity index (χ0) is 13.8. The molecule has 0 bridgehead atoms. The molecule has 2 aromatic rings. The van der Waals surface area contributed by atoms with Gasteiger partial charge in [-0.05, 0) is 44.9 Å². The standard InChI is InChI=1S/C14H20N6/c1-11(7-12-3-2-6-16-12)19-13-4-5-14(17-8-13)20-10-15-9-18-20/h4-5,8-12,16,19H,2-3,6-7H2,1H3. The second-order valence-corrected chi connectivity index (χ2v) is 5.32. The van der Waals surface area contributed by atoms with E-state index in [0.717, 1.165) is 24.5 Å². The second-order valence-electron chi connectivity index (χ2n) is 5.32. The summed E-state index contributed by atoms with van der Waals surface area (Å²) in [6.45, 7) is 3.37. The minimum atomic E-state index is 0.435. The predicted molar refractivity (Wildman–Crippen MR) is 77.9 cm³/mol. The summed E-state index contributed by atoms with van der Waals surface area (Å²) in [7, 11) is 0. The fraction of sp³-hybridized carbons (Fsp3) is 0.500. The van der Waals surface area contributed by atoms with Gasteiger partial charge in [0.2, 0.25) is 0 Å². The maximum atomic E-state index is 4.39. The van der Waals surface area contributed by atoms with Crippen LogP contribution in [0.25, 0.3) is 5.82 Å². The lowest BCUT2D eigenvalue weighted by Crippen LogP contribution is -2.29. The minimum Gasteiger partial charge on any atom is -0.381 e. The Balaban J connectivity index is 1.57. The Hall–Kier alpha value is -1.95. The van der Waals surface area contributed by atoms with E-state index in [1.807, 2.05) is 18.3 Å². The SMILES string of the molecule is CC(CC1CCCN1)Nc1ccc(-n2cncn2)nc1. The third-order valence-electron chi connectivity index (χ3n) is 3.61. The van der Waals surface area contributed by atoms with Crippen LogP contribution in [-0.2, 0) is 0 Å². The Morgan fingerprint density at radius 2 is 2.45 bits per heavy atom. The Bertz CT molecular complexity index is 515. The van der Waals surface area contributed by atoms with E-state index in [4.69, 9.17) is 0 Å².